The minimum absolute atomic E-state index is 0.0874. The van der Waals surface area contributed by atoms with Crippen molar-refractivity contribution in [3.63, 3.8) is 0 Å². The number of anilines is 1. The van der Waals surface area contributed by atoms with E-state index in [0.29, 0.717) is 5.56 Å². The fraction of sp³-hybridized carbons (Fsp3) is 0.480. The number of carbonyl (C=O) groups is 1. The molecule has 1 aromatic carbocycles. The van der Waals surface area contributed by atoms with Gasteiger partial charge in [0.1, 0.15) is 11.3 Å². The summed E-state index contributed by atoms with van der Waals surface area (Å²) in [7, 11) is 0. The first-order valence-electron chi connectivity index (χ1n) is 11.5. The van der Waals surface area contributed by atoms with E-state index >= 15 is 0 Å². The molecular formula is C25H31N5O. The van der Waals surface area contributed by atoms with Crippen LogP contribution in [0.3, 0.4) is 0 Å². The molecule has 0 N–H and O–H groups in total. The Kier molecular flexibility index (Phi) is 5.16. The van der Waals surface area contributed by atoms with Gasteiger partial charge >= 0.3 is 0 Å². The molecule has 0 bridgehead atoms. The summed E-state index contributed by atoms with van der Waals surface area (Å²) in [5, 5.41) is 0. The Balaban J connectivity index is 1.40. The molecule has 0 atom stereocenters. The molecule has 2 aliphatic rings. The molecule has 6 heteroatoms. The maximum absolute atomic E-state index is 13.5. The van der Waals surface area contributed by atoms with Gasteiger partial charge < -0.3 is 14.4 Å². The first-order chi connectivity index (χ1) is 15.0. The molecule has 1 amide bonds. The quantitative estimate of drug-likeness (QED) is 0.631. The molecule has 5 rings (SSSR count). The lowest BCUT2D eigenvalue weighted by Gasteiger charge is -2.37. The van der Waals surface area contributed by atoms with Gasteiger partial charge in [-0.2, -0.15) is 0 Å². The SMILES string of the molecule is Cc1cc(C(=O)N2CCN(c3cccc(C)c3C)CC2)c2nc3n(c2n1)CCCCC3. The predicted octanol–water partition coefficient (Wildman–Crippen LogP) is 4.05. The van der Waals surface area contributed by atoms with Crippen LogP contribution in [0.15, 0.2) is 24.3 Å². The molecule has 3 aromatic rings. The number of imidazole rings is 1. The standard InChI is InChI=1S/C25H31N5O/c1-17-8-7-9-21(19(17)3)28-12-14-29(15-13-28)25(31)20-16-18(2)26-24-23(20)27-22-10-5-4-6-11-30(22)24/h7-9,16H,4-6,10-15H2,1-3H3. The average Bonchev–Trinajstić information content (AvgIpc) is 2.95. The fourth-order valence-corrected chi connectivity index (χ4v) is 4.98. The smallest absolute Gasteiger partial charge is 0.256 e. The van der Waals surface area contributed by atoms with E-state index in [2.05, 4.69) is 41.5 Å². The van der Waals surface area contributed by atoms with Crippen LogP contribution in [0.1, 0.15) is 52.3 Å². The van der Waals surface area contributed by atoms with E-state index in [-0.39, 0.29) is 5.91 Å². The van der Waals surface area contributed by atoms with E-state index in [1.165, 1.54) is 23.2 Å². The number of rotatable bonds is 2. The third kappa shape index (κ3) is 3.58. The van der Waals surface area contributed by atoms with E-state index in [4.69, 9.17) is 9.97 Å². The van der Waals surface area contributed by atoms with Crippen LogP contribution < -0.4 is 4.90 Å². The highest BCUT2D eigenvalue weighted by Crippen LogP contribution is 2.27. The maximum atomic E-state index is 13.5. The zero-order valence-corrected chi connectivity index (χ0v) is 18.8. The zero-order valence-electron chi connectivity index (χ0n) is 18.8. The summed E-state index contributed by atoms with van der Waals surface area (Å²) in [6, 6.07) is 8.39. The first kappa shape index (κ1) is 20.0. The first-order valence-corrected chi connectivity index (χ1v) is 11.5. The van der Waals surface area contributed by atoms with Gasteiger partial charge in [0.05, 0.1) is 5.56 Å². The Morgan fingerprint density at radius 3 is 2.55 bits per heavy atom. The number of nitrogens with zero attached hydrogens (tertiary/aromatic N) is 5. The van der Waals surface area contributed by atoms with E-state index in [0.717, 1.165) is 74.7 Å². The van der Waals surface area contributed by atoms with Crippen molar-refractivity contribution in [2.75, 3.05) is 31.1 Å². The second-order valence-electron chi connectivity index (χ2n) is 8.97. The summed E-state index contributed by atoms with van der Waals surface area (Å²) in [5.74, 6) is 1.17. The lowest BCUT2D eigenvalue weighted by atomic mass is 10.1. The van der Waals surface area contributed by atoms with Crippen molar-refractivity contribution in [3.05, 3.63) is 52.5 Å². The summed E-state index contributed by atoms with van der Waals surface area (Å²) in [6.45, 7) is 10.4. The van der Waals surface area contributed by atoms with Gasteiger partial charge in [-0.3, -0.25) is 4.79 Å². The van der Waals surface area contributed by atoms with E-state index in [1.54, 1.807) is 0 Å². The number of hydrogen-bond acceptors (Lipinski definition) is 4. The second kappa shape index (κ2) is 7.98. The molecule has 1 fully saturated rings. The molecule has 6 nitrogen and oxygen atoms in total. The number of fused-ring (bicyclic) bond motifs is 3. The van der Waals surface area contributed by atoms with Crippen LogP contribution in [0.2, 0.25) is 0 Å². The number of pyridine rings is 1. The normalized spacial score (nSPS) is 17.0. The van der Waals surface area contributed by atoms with Crippen molar-refractivity contribution in [2.45, 2.75) is 53.0 Å². The van der Waals surface area contributed by atoms with Gasteiger partial charge in [-0.15, -0.1) is 0 Å². The predicted molar refractivity (Wildman–Crippen MR) is 124 cm³/mol. The highest BCUT2D eigenvalue weighted by atomic mass is 16.2. The van der Waals surface area contributed by atoms with Gasteiger partial charge in [-0.1, -0.05) is 18.6 Å². The van der Waals surface area contributed by atoms with E-state index in [9.17, 15) is 4.79 Å². The number of aromatic nitrogens is 3. The van der Waals surface area contributed by atoms with E-state index < -0.39 is 0 Å². The van der Waals surface area contributed by atoms with Gasteiger partial charge in [-0.05, 0) is 56.9 Å². The fourth-order valence-electron chi connectivity index (χ4n) is 4.98. The Hall–Kier alpha value is -2.89. The van der Waals surface area contributed by atoms with Gasteiger partial charge in [-0.25, -0.2) is 9.97 Å². The minimum atomic E-state index is 0.0874. The highest BCUT2D eigenvalue weighted by molar-refractivity contribution is 6.04. The molecule has 0 aliphatic carbocycles. The molecule has 0 spiro atoms. The minimum Gasteiger partial charge on any atom is -0.368 e. The van der Waals surface area contributed by atoms with Crippen LogP contribution in [-0.4, -0.2) is 51.5 Å². The summed E-state index contributed by atoms with van der Waals surface area (Å²) in [5.41, 5.74) is 7.18. The molecular weight excluding hydrogens is 386 g/mol. The summed E-state index contributed by atoms with van der Waals surface area (Å²) >= 11 is 0. The molecule has 4 heterocycles. The van der Waals surface area contributed by atoms with Crippen LogP contribution in [0.4, 0.5) is 5.69 Å². The topological polar surface area (TPSA) is 54.3 Å². The third-order valence-electron chi connectivity index (χ3n) is 6.91. The second-order valence-corrected chi connectivity index (χ2v) is 8.97. The maximum Gasteiger partial charge on any atom is 0.256 e. The molecule has 0 saturated carbocycles. The van der Waals surface area contributed by atoms with Gasteiger partial charge in [0.15, 0.2) is 5.65 Å². The average molecular weight is 418 g/mol. The Bertz CT molecular complexity index is 1140. The van der Waals surface area contributed by atoms with Crippen molar-refractivity contribution < 1.29 is 4.79 Å². The number of piperazine rings is 1. The van der Waals surface area contributed by atoms with Crippen LogP contribution in [0.5, 0.6) is 0 Å². The number of benzene rings is 1. The van der Waals surface area contributed by atoms with Crippen LogP contribution >= 0.6 is 0 Å². The highest BCUT2D eigenvalue weighted by Gasteiger charge is 2.27. The van der Waals surface area contributed by atoms with Crippen molar-refractivity contribution >= 4 is 22.8 Å². The molecule has 0 radical (unpaired) electrons. The number of hydrogen-bond donors (Lipinski definition) is 0. The van der Waals surface area contributed by atoms with Crippen molar-refractivity contribution in [2.24, 2.45) is 0 Å². The number of amides is 1. The van der Waals surface area contributed by atoms with Gasteiger partial charge in [0, 0.05) is 50.5 Å². The van der Waals surface area contributed by atoms with Crippen molar-refractivity contribution in [1.29, 1.82) is 0 Å². The molecule has 0 unspecified atom stereocenters. The van der Waals surface area contributed by atoms with Gasteiger partial charge in [0.25, 0.3) is 5.91 Å². The largest absolute Gasteiger partial charge is 0.368 e. The number of aryl methyl sites for hydroxylation is 4. The molecule has 2 aliphatic heterocycles. The zero-order chi connectivity index (χ0) is 21.5. The number of carbonyl (C=O) groups excluding carboxylic acids is 1. The van der Waals surface area contributed by atoms with Crippen LogP contribution in [0.25, 0.3) is 11.2 Å². The lowest BCUT2D eigenvalue weighted by molar-refractivity contribution is 0.0748. The summed E-state index contributed by atoms with van der Waals surface area (Å²) in [6.07, 6.45) is 4.51. The molecule has 1 saturated heterocycles. The Labute approximate surface area is 183 Å². The van der Waals surface area contributed by atoms with Crippen LogP contribution in [0, 0.1) is 20.8 Å². The van der Waals surface area contributed by atoms with Crippen LogP contribution in [-0.2, 0) is 13.0 Å². The lowest BCUT2D eigenvalue weighted by Crippen LogP contribution is -2.49. The molecule has 31 heavy (non-hydrogen) atoms. The summed E-state index contributed by atoms with van der Waals surface area (Å²) in [4.78, 5) is 27.6. The Morgan fingerprint density at radius 2 is 1.74 bits per heavy atom. The molecule has 162 valence electrons. The van der Waals surface area contributed by atoms with Gasteiger partial charge in [0.2, 0.25) is 0 Å². The summed E-state index contributed by atoms with van der Waals surface area (Å²) < 4.78 is 2.24. The van der Waals surface area contributed by atoms with Crippen molar-refractivity contribution in [1.82, 2.24) is 19.4 Å². The monoisotopic (exact) mass is 417 g/mol. The Morgan fingerprint density at radius 1 is 0.935 bits per heavy atom. The van der Waals surface area contributed by atoms with E-state index in [1.807, 2.05) is 17.9 Å². The van der Waals surface area contributed by atoms with Crippen molar-refractivity contribution in [3.8, 4) is 0 Å². The molecule has 2 aromatic heterocycles. The third-order valence-corrected chi connectivity index (χ3v) is 6.91.